The molecule has 0 fully saturated rings. The second-order valence-electron chi connectivity index (χ2n) is 11.1. The molecule has 0 radical (unpaired) electrons. The number of primary amides is 1. The first kappa shape index (κ1) is 28.1. The van der Waals surface area contributed by atoms with Crippen LogP contribution >= 0.6 is 11.6 Å². The van der Waals surface area contributed by atoms with Crippen molar-refractivity contribution in [3.63, 3.8) is 0 Å². The van der Waals surface area contributed by atoms with Gasteiger partial charge in [-0.1, -0.05) is 25.4 Å². The van der Waals surface area contributed by atoms with E-state index in [1.807, 2.05) is 6.92 Å². The number of hydrogen-bond acceptors (Lipinski definition) is 9. The zero-order chi connectivity index (χ0) is 28.4. The lowest BCUT2D eigenvalue weighted by Crippen LogP contribution is -2.63. The highest BCUT2D eigenvalue weighted by atomic mass is 35.5. The second kappa shape index (κ2) is 9.68. The topological polar surface area (TPSA) is 173 Å². The zero-order valence-electron chi connectivity index (χ0n) is 22.0. The summed E-state index contributed by atoms with van der Waals surface area (Å²) >= 11 is 6.75. The summed E-state index contributed by atoms with van der Waals surface area (Å²) in [6, 6.07) is 0.528. The minimum Gasteiger partial charge on any atom is -0.510 e. The van der Waals surface area contributed by atoms with Crippen molar-refractivity contribution in [2.24, 2.45) is 23.5 Å². The Morgan fingerprint density at radius 3 is 2.42 bits per heavy atom. The summed E-state index contributed by atoms with van der Waals surface area (Å²) in [7, 11) is 3.17. The number of halogens is 1. The molecule has 3 aliphatic rings. The van der Waals surface area contributed by atoms with Gasteiger partial charge in [0.15, 0.2) is 11.4 Å². The minimum absolute atomic E-state index is 0.00964. The van der Waals surface area contributed by atoms with Crippen LogP contribution in [0, 0.1) is 17.8 Å². The molecule has 206 valence electrons. The van der Waals surface area contributed by atoms with Crippen LogP contribution in [-0.2, 0) is 22.6 Å². The highest BCUT2D eigenvalue weighted by Crippen LogP contribution is 2.53. The number of phenols is 1. The lowest BCUT2D eigenvalue weighted by Gasteiger charge is -2.50. The van der Waals surface area contributed by atoms with Gasteiger partial charge in [0.1, 0.15) is 22.8 Å². The van der Waals surface area contributed by atoms with E-state index in [4.69, 9.17) is 17.3 Å². The van der Waals surface area contributed by atoms with Gasteiger partial charge in [-0.15, -0.1) is 0 Å². The predicted octanol–water partition coefficient (Wildman–Crippen LogP) is 1.91. The lowest BCUT2D eigenvalue weighted by atomic mass is 9.58. The van der Waals surface area contributed by atoms with E-state index in [0.717, 1.165) is 0 Å². The van der Waals surface area contributed by atoms with Gasteiger partial charge >= 0.3 is 0 Å². The van der Waals surface area contributed by atoms with Gasteiger partial charge in [-0.25, -0.2) is 0 Å². The Kier molecular flexibility index (Phi) is 7.15. The fourth-order valence-corrected chi connectivity index (χ4v) is 6.28. The summed E-state index contributed by atoms with van der Waals surface area (Å²) in [6.45, 7) is 6.54. The number of rotatable bonds is 6. The highest BCUT2D eigenvalue weighted by Gasteiger charge is 2.63. The van der Waals surface area contributed by atoms with Gasteiger partial charge in [-0.3, -0.25) is 19.3 Å². The summed E-state index contributed by atoms with van der Waals surface area (Å²) in [4.78, 5) is 40.6. The molecule has 38 heavy (non-hydrogen) atoms. The van der Waals surface area contributed by atoms with Crippen molar-refractivity contribution in [3.05, 3.63) is 50.4 Å². The molecule has 5 atom stereocenters. The molecule has 0 saturated heterocycles. The monoisotopic (exact) mass is 547 g/mol. The van der Waals surface area contributed by atoms with E-state index in [9.17, 15) is 34.8 Å². The van der Waals surface area contributed by atoms with Crippen LogP contribution in [0.25, 0.3) is 0 Å². The van der Waals surface area contributed by atoms with E-state index in [-0.39, 0.29) is 35.8 Å². The Balaban J connectivity index is 1.85. The number of amides is 1. The molecule has 0 aromatic heterocycles. The molecule has 4 rings (SSSR count). The molecule has 1 amide bonds. The molecule has 1 aromatic carbocycles. The average Bonchev–Trinajstić information content (AvgIpc) is 2.81. The zero-order valence-corrected chi connectivity index (χ0v) is 22.8. The van der Waals surface area contributed by atoms with Gasteiger partial charge in [0, 0.05) is 29.1 Å². The van der Waals surface area contributed by atoms with E-state index in [2.05, 4.69) is 19.2 Å². The number of Topliss-reactive ketones (excluding diaryl/α,β-unsaturated/α-hetero) is 2. The fraction of sp³-hybridized carbons (Fsp3) is 0.519. The van der Waals surface area contributed by atoms with Crippen molar-refractivity contribution in [1.29, 1.82) is 0 Å². The number of likely N-dealkylation sites (N-methyl/N-ethyl adjacent to an activating group) is 1. The number of aliphatic hydroxyl groups is 3. The van der Waals surface area contributed by atoms with Crippen molar-refractivity contribution < 1.29 is 34.8 Å². The summed E-state index contributed by atoms with van der Waals surface area (Å²) < 4.78 is 0. The van der Waals surface area contributed by atoms with Crippen LogP contribution in [-0.4, -0.2) is 74.6 Å². The summed E-state index contributed by atoms with van der Waals surface area (Å²) in [5.41, 5.74) is 2.55. The van der Waals surface area contributed by atoms with Gasteiger partial charge in [0.2, 0.25) is 5.78 Å². The van der Waals surface area contributed by atoms with E-state index >= 15 is 0 Å². The largest absolute Gasteiger partial charge is 0.510 e. The molecule has 0 bridgehead atoms. The Morgan fingerprint density at radius 2 is 1.87 bits per heavy atom. The van der Waals surface area contributed by atoms with Gasteiger partial charge in [-0.05, 0) is 62.9 Å². The van der Waals surface area contributed by atoms with Gasteiger partial charge < -0.3 is 31.5 Å². The number of aromatic hydroxyl groups is 1. The van der Waals surface area contributed by atoms with Gasteiger partial charge in [0.25, 0.3) is 5.91 Å². The lowest BCUT2D eigenvalue weighted by molar-refractivity contribution is -0.148. The molecule has 0 heterocycles. The molecule has 0 saturated carbocycles. The van der Waals surface area contributed by atoms with Crippen LogP contribution in [0.2, 0.25) is 5.02 Å². The molecular formula is C27H34ClN3O7. The van der Waals surface area contributed by atoms with E-state index in [1.165, 1.54) is 11.0 Å². The number of ketones is 2. The highest BCUT2D eigenvalue weighted by molar-refractivity contribution is 6.33. The molecular weight excluding hydrogens is 514 g/mol. The molecule has 0 aliphatic heterocycles. The molecule has 7 N–H and O–H groups in total. The number of hydrogen-bond donors (Lipinski definition) is 6. The average molecular weight is 548 g/mol. The predicted molar refractivity (Wildman–Crippen MR) is 140 cm³/mol. The van der Waals surface area contributed by atoms with Crippen molar-refractivity contribution in [2.75, 3.05) is 14.1 Å². The number of fused-ring (bicyclic) bond motifs is 3. The Bertz CT molecular complexity index is 1300. The molecule has 11 heteroatoms. The number of carbonyl (C=O) groups is 3. The third kappa shape index (κ3) is 4.02. The van der Waals surface area contributed by atoms with Crippen LogP contribution in [0.5, 0.6) is 5.75 Å². The van der Waals surface area contributed by atoms with Crippen LogP contribution < -0.4 is 11.1 Å². The number of nitrogens with one attached hydrogen (secondary N) is 1. The SMILES string of the molecule is CC(C)[C@H](C)NCc1cc(O)c2c(c1Cl)C[C@H]1C[C@H]3[C@H](N(C)C)C(O)=C(C(N)=O)C(=O)[C@@]3(O)C(O)=C1C2=O. The van der Waals surface area contributed by atoms with Gasteiger partial charge in [-0.2, -0.15) is 0 Å². The Hall–Kier alpha value is -2.92. The number of benzene rings is 1. The standard InChI is InChI=1S/C27H34ClN3O7/c1-10(2)11(3)30-9-13-8-16(32)18-14(20(13)28)6-12-7-15-21(31(4)5)23(34)19(26(29)37)25(36)27(15,38)24(35)17(12)22(18)33/h8,10-12,15,21,30,32,34-35,38H,6-7,9H2,1-5H3,(H2,29,37)/t11-,12-,15-,21-,27-/m0/s1. The van der Waals surface area contributed by atoms with Crippen molar-refractivity contribution in [1.82, 2.24) is 10.2 Å². The van der Waals surface area contributed by atoms with E-state index < -0.39 is 58.0 Å². The Labute approximate surface area is 225 Å². The second-order valence-corrected chi connectivity index (χ2v) is 11.5. The van der Waals surface area contributed by atoms with E-state index in [1.54, 1.807) is 14.1 Å². The maximum atomic E-state index is 13.7. The van der Waals surface area contributed by atoms with Crippen molar-refractivity contribution in [2.45, 2.75) is 57.8 Å². The van der Waals surface area contributed by atoms with Crippen LogP contribution in [0.3, 0.4) is 0 Å². The Morgan fingerprint density at radius 1 is 1.24 bits per heavy atom. The number of allylic oxidation sites excluding steroid dienone is 1. The fourth-order valence-electron chi connectivity index (χ4n) is 5.99. The number of nitrogens with zero attached hydrogens (tertiary/aromatic N) is 1. The first-order chi connectivity index (χ1) is 17.6. The third-order valence-corrected chi connectivity index (χ3v) is 8.82. The normalized spacial score (nSPS) is 28.0. The number of phenolic OH excluding ortho intramolecular Hbond substituents is 1. The summed E-state index contributed by atoms with van der Waals surface area (Å²) in [5, 5.41) is 48.3. The molecule has 3 aliphatic carbocycles. The first-order valence-electron chi connectivity index (χ1n) is 12.6. The summed E-state index contributed by atoms with van der Waals surface area (Å²) in [5.74, 6) is -6.51. The molecule has 10 nitrogen and oxygen atoms in total. The third-order valence-electron chi connectivity index (χ3n) is 8.35. The maximum absolute atomic E-state index is 13.7. The van der Waals surface area contributed by atoms with Crippen LogP contribution in [0.15, 0.2) is 28.7 Å². The van der Waals surface area contributed by atoms with E-state index in [0.29, 0.717) is 28.6 Å². The minimum atomic E-state index is -2.67. The first-order valence-corrected chi connectivity index (χ1v) is 12.9. The summed E-state index contributed by atoms with van der Waals surface area (Å²) in [6.07, 6.45) is 0.157. The van der Waals surface area contributed by atoms with Crippen molar-refractivity contribution >= 4 is 29.1 Å². The quantitative estimate of drug-likeness (QED) is 0.291. The molecule has 1 aromatic rings. The van der Waals surface area contributed by atoms with Crippen LogP contribution in [0.1, 0.15) is 48.7 Å². The number of carbonyl (C=O) groups excluding carboxylic acids is 3. The maximum Gasteiger partial charge on any atom is 0.255 e. The number of nitrogens with two attached hydrogens (primary N) is 1. The van der Waals surface area contributed by atoms with Crippen molar-refractivity contribution in [3.8, 4) is 5.75 Å². The smallest absolute Gasteiger partial charge is 0.255 e. The molecule has 0 spiro atoms. The number of aliphatic hydroxyl groups excluding tert-OH is 2. The molecule has 0 unspecified atom stereocenters. The van der Waals surface area contributed by atoms with Crippen LogP contribution in [0.4, 0.5) is 0 Å². The van der Waals surface area contributed by atoms with Gasteiger partial charge in [0.05, 0.1) is 11.6 Å².